The van der Waals surface area contributed by atoms with Crippen molar-refractivity contribution in [3.63, 3.8) is 0 Å². The Morgan fingerprint density at radius 3 is 2.71 bits per heavy atom. The van der Waals surface area contributed by atoms with Crippen molar-refractivity contribution in [2.45, 2.75) is 77.4 Å². The average Bonchev–Trinajstić information content (AvgIpc) is 2.74. The fourth-order valence-electron chi connectivity index (χ4n) is 3.82. The molecule has 0 bridgehead atoms. The Morgan fingerprint density at radius 2 is 2.00 bits per heavy atom. The van der Waals surface area contributed by atoms with Gasteiger partial charge in [-0.2, -0.15) is 0 Å². The summed E-state index contributed by atoms with van der Waals surface area (Å²) in [5, 5.41) is 3.77. The minimum absolute atomic E-state index is 0.769. The molecule has 2 aliphatic rings. The molecule has 1 heterocycles. The third-order valence-corrected chi connectivity index (χ3v) is 4.75. The minimum atomic E-state index is 0.769. The van der Waals surface area contributed by atoms with Crippen molar-refractivity contribution in [2.75, 3.05) is 13.1 Å². The fourth-order valence-corrected chi connectivity index (χ4v) is 3.82. The molecule has 0 aromatic rings. The second kappa shape index (κ2) is 6.19. The Bertz CT molecular complexity index is 229. The third kappa shape index (κ3) is 3.23. The van der Waals surface area contributed by atoms with E-state index in [1.165, 1.54) is 51.6 Å². The van der Waals surface area contributed by atoms with Crippen molar-refractivity contribution in [3.05, 3.63) is 0 Å². The molecular weight excluding hydrogens is 208 g/mol. The molecule has 0 radical (unpaired) electrons. The van der Waals surface area contributed by atoms with Crippen LogP contribution in [-0.4, -0.2) is 36.1 Å². The fraction of sp³-hybridized carbons (Fsp3) is 1.00. The molecule has 4 unspecified atom stereocenters. The maximum atomic E-state index is 3.77. The van der Waals surface area contributed by atoms with Gasteiger partial charge in [-0.1, -0.05) is 20.3 Å². The van der Waals surface area contributed by atoms with Crippen molar-refractivity contribution < 1.29 is 0 Å². The minimum Gasteiger partial charge on any atom is -0.312 e. The van der Waals surface area contributed by atoms with Crippen molar-refractivity contribution in [2.24, 2.45) is 5.92 Å². The lowest BCUT2D eigenvalue weighted by molar-refractivity contribution is 0.0712. The highest BCUT2D eigenvalue weighted by molar-refractivity contribution is 4.93. The number of rotatable bonds is 4. The van der Waals surface area contributed by atoms with Crippen molar-refractivity contribution in [1.29, 1.82) is 0 Å². The molecule has 2 fully saturated rings. The summed E-state index contributed by atoms with van der Waals surface area (Å²) in [6.45, 7) is 9.64. The first kappa shape index (κ1) is 13.4. The van der Waals surface area contributed by atoms with E-state index < -0.39 is 0 Å². The number of nitrogens with one attached hydrogen (secondary N) is 1. The summed E-state index contributed by atoms with van der Waals surface area (Å²) >= 11 is 0. The second-order valence-electron chi connectivity index (χ2n) is 6.28. The molecule has 0 amide bonds. The molecule has 2 heteroatoms. The van der Waals surface area contributed by atoms with Gasteiger partial charge in [0, 0.05) is 18.1 Å². The van der Waals surface area contributed by atoms with Gasteiger partial charge in [0.05, 0.1) is 0 Å². The summed E-state index contributed by atoms with van der Waals surface area (Å²) in [4.78, 5) is 2.81. The SMILES string of the molecule is CCCNC1CCCC1N1CCC(C)CC1C. The molecule has 1 saturated carbocycles. The number of hydrogen-bond donors (Lipinski definition) is 1. The zero-order chi connectivity index (χ0) is 12.3. The van der Waals surface area contributed by atoms with Crippen LogP contribution in [0.15, 0.2) is 0 Å². The molecule has 100 valence electrons. The molecule has 1 aliphatic heterocycles. The van der Waals surface area contributed by atoms with Crippen LogP contribution in [0.5, 0.6) is 0 Å². The van der Waals surface area contributed by atoms with Crippen LogP contribution in [0.3, 0.4) is 0 Å². The van der Waals surface area contributed by atoms with Crippen LogP contribution in [0, 0.1) is 5.92 Å². The summed E-state index contributed by atoms with van der Waals surface area (Å²) in [7, 11) is 0. The zero-order valence-electron chi connectivity index (χ0n) is 11.9. The van der Waals surface area contributed by atoms with Crippen LogP contribution in [0.2, 0.25) is 0 Å². The van der Waals surface area contributed by atoms with Crippen LogP contribution < -0.4 is 5.32 Å². The van der Waals surface area contributed by atoms with E-state index >= 15 is 0 Å². The van der Waals surface area contributed by atoms with E-state index in [1.54, 1.807) is 0 Å². The highest BCUT2D eigenvalue weighted by Crippen LogP contribution is 2.31. The number of likely N-dealkylation sites (tertiary alicyclic amines) is 1. The van der Waals surface area contributed by atoms with Crippen LogP contribution >= 0.6 is 0 Å². The normalized spacial score (nSPS) is 39.7. The quantitative estimate of drug-likeness (QED) is 0.810. The monoisotopic (exact) mass is 238 g/mol. The molecule has 4 atom stereocenters. The van der Waals surface area contributed by atoms with Crippen molar-refractivity contribution in [3.8, 4) is 0 Å². The highest BCUT2D eigenvalue weighted by Gasteiger charge is 2.35. The van der Waals surface area contributed by atoms with E-state index in [2.05, 4.69) is 31.0 Å². The Kier molecular flexibility index (Phi) is 4.87. The van der Waals surface area contributed by atoms with E-state index in [0.717, 1.165) is 24.0 Å². The van der Waals surface area contributed by atoms with E-state index in [9.17, 15) is 0 Å². The van der Waals surface area contributed by atoms with Gasteiger partial charge in [0.1, 0.15) is 0 Å². The Morgan fingerprint density at radius 1 is 1.18 bits per heavy atom. The second-order valence-corrected chi connectivity index (χ2v) is 6.28. The van der Waals surface area contributed by atoms with Gasteiger partial charge in [0.2, 0.25) is 0 Å². The summed E-state index contributed by atoms with van der Waals surface area (Å²) in [6.07, 6.45) is 8.29. The van der Waals surface area contributed by atoms with Gasteiger partial charge >= 0.3 is 0 Å². The van der Waals surface area contributed by atoms with E-state index in [4.69, 9.17) is 0 Å². The highest BCUT2D eigenvalue weighted by atomic mass is 15.2. The third-order valence-electron chi connectivity index (χ3n) is 4.75. The number of piperidine rings is 1. The lowest BCUT2D eigenvalue weighted by Crippen LogP contribution is -2.53. The smallest absolute Gasteiger partial charge is 0.0252 e. The molecule has 0 spiro atoms. The van der Waals surface area contributed by atoms with Gasteiger partial charge in [-0.05, 0) is 58.0 Å². The number of nitrogens with zero attached hydrogens (tertiary/aromatic N) is 1. The van der Waals surface area contributed by atoms with Gasteiger partial charge in [-0.3, -0.25) is 4.90 Å². The van der Waals surface area contributed by atoms with Crippen LogP contribution in [0.1, 0.15) is 59.3 Å². The first-order chi connectivity index (χ1) is 8.22. The summed E-state index contributed by atoms with van der Waals surface area (Å²) in [6, 6.07) is 2.39. The summed E-state index contributed by atoms with van der Waals surface area (Å²) in [5.41, 5.74) is 0. The van der Waals surface area contributed by atoms with E-state index in [0.29, 0.717) is 0 Å². The van der Waals surface area contributed by atoms with Gasteiger partial charge in [-0.25, -0.2) is 0 Å². The molecule has 1 N–H and O–H groups in total. The molecule has 1 saturated heterocycles. The Balaban J connectivity index is 1.91. The Hall–Kier alpha value is -0.0800. The maximum Gasteiger partial charge on any atom is 0.0252 e. The summed E-state index contributed by atoms with van der Waals surface area (Å²) in [5.74, 6) is 0.935. The van der Waals surface area contributed by atoms with Crippen molar-refractivity contribution >= 4 is 0 Å². The average molecular weight is 238 g/mol. The van der Waals surface area contributed by atoms with Crippen molar-refractivity contribution in [1.82, 2.24) is 10.2 Å². The molecule has 17 heavy (non-hydrogen) atoms. The van der Waals surface area contributed by atoms with Gasteiger partial charge in [0.25, 0.3) is 0 Å². The Labute approximate surface area is 107 Å². The zero-order valence-corrected chi connectivity index (χ0v) is 11.9. The summed E-state index contributed by atoms with van der Waals surface area (Å²) < 4.78 is 0. The molecule has 1 aliphatic carbocycles. The molecular formula is C15H30N2. The molecule has 2 nitrogen and oxygen atoms in total. The maximum absolute atomic E-state index is 3.77. The van der Waals surface area contributed by atoms with Crippen LogP contribution in [0.4, 0.5) is 0 Å². The standard InChI is InChI=1S/C15H30N2/c1-4-9-16-14-6-5-7-15(14)17-10-8-12(2)11-13(17)3/h12-16H,4-11H2,1-3H3. The molecule has 0 aromatic carbocycles. The molecule has 2 rings (SSSR count). The van der Waals surface area contributed by atoms with E-state index in [1.807, 2.05) is 0 Å². The first-order valence-corrected chi connectivity index (χ1v) is 7.71. The number of hydrogen-bond acceptors (Lipinski definition) is 2. The van der Waals surface area contributed by atoms with E-state index in [-0.39, 0.29) is 0 Å². The predicted molar refractivity (Wildman–Crippen MR) is 74.3 cm³/mol. The lowest BCUT2D eigenvalue weighted by Gasteiger charge is -2.42. The molecule has 0 aromatic heterocycles. The van der Waals surface area contributed by atoms with Crippen LogP contribution in [-0.2, 0) is 0 Å². The lowest BCUT2D eigenvalue weighted by atomic mass is 9.91. The first-order valence-electron chi connectivity index (χ1n) is 7.71. The topological polar surface area (TPSA) is 15.3 Å². The predicted octanol–water partition coefficient (Wildman–Crippen LogP) is 3.03. The largest absolute Gasteiger partial charge is 0.312 e. The van der Waals surface area contributed by atoms with Gasteiger partial charge in [-0.15, -0.1) is 0 Å². The van der Waals surface area contributed by atoms with Crippen LogP contribution in [0.25, 0.3) is 0 Å². The van der Waals surface area contributed by atoms with Gasteiger partial charge in [0.15, 0.2) is 0 Å². The van der Waals surface area contributed by atoms with Gasteiger partial charge < -0.3 is 5.32 Å².